The zero-order valence-corrected chi connectivity index (χ0v) is 11.5. The van der Waals surface area contributed by atoms with Gasteiger partial charge in [-0.15, -0.1) is 0 Å². The molecule has 0 fully saturated rings. The molecule has 0 aliphatic rings. The molecule has 6 nitrogen and oxygen atoms in total. The summed E-state index contributed by atoms with van der Waals surface area (Å²) in [6.07, 6.45) is 0. The summed E-state index contributed by atoms with van der Waals surface area (Å²) in [6, 6.07) is 10.1. The van der Waals surface area contributed by atoms with Crippen LogP contribution in [0, 0.1) is 0 Å². The molecule has 2 rings (SSSR count). The molecule has 0 saturated heterocycles. The van der Waals surface area contributed by atoms with Gasteiger partial charge < -0.3 is 31.7 Å². The van der Waals surface area contributed by atoms with Crippen LogP contribution in [0.4, 0.5) is 17.1 Å². The number of nitrogens with one attached hydrogen (secondary N) is 1. The van der Waals surface area contributed by atoms with Gasteiger partial charge in [-0.1, -0.05) is 6.07 Å². The van der Waals surface area contributed by atoms with Crippen LogP contribution in [-0.4, -0.2) is 23.4 Å². The van der Waals surface area contributed by atoms with Gasteiger partial charge in [-0.05, 0) is 30.3 Å². The van der Waals surface area contributed by atoms with E-state index in [1.54, 1.807) is 36.4 Å². The van der Waals surface area contributed by atoms with Crippen LogP contribution >= 0.6 is 0 Å². The van der Waals surface area contributed by atoms with Crippen LogP contribution in [0.5, 0.6) is 11.5 Å². The third kappa shape index (κ3) is 3.70. The second-order valence-electron chi connectivity index (χ2n) is 4.53. The Hall–Kier alpha value is -2.60. The SMILES string of the molecule is Nc1ccc(OCCO)c(NCc2c(N)cccc2O)c1. The summed E-state index contributed by atoms with van der Waals surface area (Å²) in [4.78, 5) is 0. The lowest BCUT2D eigenvalue weighted by atomic mass is 10.1. The van der Waals surface area contributed by atoms with Crippen LogP contribution in [0.15, 0.2) is 36.4 Å². The zero-order valence-electron chi connectivity index (χ0n) is 11.5. The molecular formula is C15H19N3O3. The first-order chi connectivity index (χ1) is 10.1. The molecule has 0 unspecified atom stereocenters. The monoisotopic (exact) mass is 289 g/mol. The Balaban J connectivity index is 2.17. The van der Waals surface area contributed by atoms with Crippen molar-refractivity contribution in [1.29, 1.82) is 0 Å². The first-order valence-electron chi connectivity index (χ1n) is 6.55. The highest BCUT2D eigenvalue weighted by Crippen LogP contribution is 2.29. The van der Waals surface area contributed by atoms with E-state index in [1.165, 1.54) is 0 Å². The van der Waals surface area contributed by atoms with Crippen molar-refractivity contribution in [1.82, 2.24) is 0 Å². The third-order valence-electron chi connectivity index (χ3n) is 3.00. The molecule has 0 aliphatic heterocycles. The highest BCUT2D eigenvalue weighted by Gasteiger charge is 2.08. The highest BCUT2D eigenvalue weighted by atomic mass is 16.5. The lowest BCUT2D eigenvalue weighted by Gasteiger charge is -2.15. The van der Waals surface area contributed by atoms with Crippen molar-refractivity contribution in [3.8, 4) is 11.5 Å². The van der Waals surface area contributed by atoms with Crippen LogP contribution < -0.4 is 21.5 Å². The fourth-order valence-corrected chi connectivity index (χ4v) is 1.94. The van der Waals surface area contributed by atoms with Gasteiger partial charge in [0.1, 0.15) is 18.1 Å². The summed E-state index contributed by atoms with van der Waals surface area (Å²) < 4.78 is 5.43. The molecule has 2 aromatic carbocycles. The molecule has 0 heterocycles. The maximum Gasteiger partial charge on any atom is 0.142 e. The van der Waals surface area contributed by atoms with Crippen molar-refractivity contribution in [2.75, 3.05) is 30.0 Å². The maximum atomic E-state index is 9.83. The van der Waals surface area contributed by atoms with Crippen LogP contribution in [-0.2, 0) is 6.54 Å². The maximum absolute atomic E-state index is 9.83. The molecule has 112 valence electrons. The summed E-state index contributed by atoms with van der Waals surface area (Å²) in [5, 5.41) is 21.8. The minimum Gasteiger partial charge on any atom is -0.508 e. The Labute approximate surface area is 123 Å². The molecule has 0 bridgehead atoms. The van der Waals surface area contributed by atoms with Gasteiger partial charge in [-0.3, -0.25) is 0 Å². The van der Waals surface area contributed by atoms with Crippen molar-refractivity contribution < 1.29 is 14.9 Å². The molecule has 0 spiro atoms. The van der Waals surface area contributed by atoms with Crippen LogP contribution in [0.3, 0.4) is 0 Å². The standard InChI is InChI=1S/C15H19N3O3/c16-10-4-5-15(21-7-6-19)13(8-10)18-9-11-12(17)2-1-3-14(11)20/h1-5,8,18-20H,6-7,9,16-17H2. The van der Waals surface area contributed by atoms with Gasteiger partial charge in [0.15, 0.2) is 0 Å². The Kier molecular flexibility index (Phi) is 4.73. The predicted molar refractivity (Wildman–Crippen MR) is 83.3 cm³/mol. The first kappa shape index (κ1) is 14.8. The number of nitrogens with two attached hydrogens (primary N) is 2. The zero-order chi connectivity index (χ0) is 15.2. The van der Waals surface area contributed by atoms with Crippen LogP contribution in [0.2, 0.25) is 0 Å². The number of aromatic hydroxyl groups is 1. The Bertz CT molecular complexity index is 597. The number of ether oxygens (including phenoxy) is 1. The summed E-state index contributed by atoms with van der Waals surface area (Å²) in [6.45, 7) is 0.449. The number of aliphatic hydroxyl groups excluding tert-OH is 1. The number of nitrogen functional groups attached to an aromatic ring is 2. The number of hydrogen-bond donors (Lipinski definition) is 5. The molecule has 7 N–H and O–H groups in total. The van der Waals surface area contributed by atoms with Crippen molar-refractivity contribution in [2.45, 2.75) is 6.54 Å². The highest BCUT2D eigenvalue weighted by molar-refractivity contribution is 5.64. The number of aliphatic hydroxyl groups is 1. The van der Waals surface area contributed by atoms with E-state index in [0.717, 1.165) is 0 Å². The van der Waals surface area contributed by atoms with Crippen molar-refractivity contribution >= 4 is 17.1 Å². The Morgan fingerprint density at radius 1 is 1.14 bits per heavy atom. The molecule has 2 aromatic rings. The first-order valence-corrected chi connectivity index (χ1v) is 6.55. The number of hydrogen-bond acceptors (Lipinski definition) is 6. The fraction of sp³-hybridized carbons (Fsp3) is 0.200. The number of phenolic OH excluding ortho intramolecular Hbond substituents is 1. The smallest absolute Gasteiger partial charge is 0.142 e. The molecule has 0 aromatic heterocycles. The predicted octanol–water partition coefficient (Wildman–Crippen LogP) is 1.54. The fourth-order valence-electron chi connectivity index (χ4n) is 1.94. The van der Waals surface area contributed by atoms with Crippen LogP contribution in [0.25, 0.3) is 0 Å². The summed E-state index contributed by atoms with van der Waals surface area (Å²) in [5.41, 5.74) is 14.0. The molecule has 0 aliphatic carbocycles. The van der Waals surface area contributed by atoms with Crippen LogP contribution in [0.1, 0.15) is 5.56 Å². The van der Waals surface area contributed by atoms with E-state index in [0.29, 0.717) is 34.9 Å². The molecule has 21 heavy (non-hydrogen) atoms. The number of phenols is 1. The largest absolute Gasteiger partial charge is 0.508 e. The van der Waals surface area contributed by atoms with Gasteiger partial charge in [0.05, 0.1) is 12.3 Å². The normalized spacial score (nSPS) is 10.3. The van der Waals surface area contributed by atoms with E-state index in [4.69, 9.17) is 21.3 Å². The number of anilines is 3. The summed E-state index contributed by atoms with van der Waals surface area (Å²) in [5.74, 6) is 0.705. The third-order valence-corrected chi connectivity index (χ3v) is 3.00. The van der Waals surface area contributed by atoms with E-state index in [-0.39, 0.29) is 19.0 Å². The van der Waals surface area contributed by atoms with Crippen molar-refractivity contribution in [2.24, 2.45) is 0 Å². The summed E-state index contributed by atoms with van der Waals surface area (Å²) in [7, 11) is 0. The van der Waals surface area contributed by atoms with E-state index >= 15 is 0 Å². The van der Waals surface area contributed by atoms with Gasteiger partial charge in [0.25, 0.3) is 0 Å². The molecule has 6 heteroatoms. The molecule has 0 radical (unpaired) electrons. The van der Waals surface area contributed by atoms with Gasteiger partial charge in [0, 0.05) is 23.5 Å². The Morgan fingerprint density at radius 2 is 1.95 bits per heavy atom. The van der Waals surface area contributed by atoms with Gasteiger partial charge in [0.2, 0.25) is 0 Å². The quantitative estimate of drug-likeness (QED) is 0.515. The van der Waals surface area contributed by atoms with Gasteiger partial charge in [-0.25, -0.2) is 0 Å². The molecule has 0 atom stereocenters. The molecular weight excluding hydrogens is 270 g/mol. The topological polar surface area (TPSA) is 114 Å². The van der Waals surface area contributed by atoms with E-state index in [2.05, 4.69) is 5.32 Å². The van der Waals surface area contributed by atoms with Crippen molar-refractivity contribution in [3.05, 3.63) is 42.0 Å². The van der Waals surface area contributed by atoms with E-state index < -0.39 is 0 Å². The summed E-state index contributed by atoms with van der Waals surface area (Å²) >= 11 is 0. The van der Waals surface area contributed by atoms with E-state index in [9.17, 15) is 5.11 Å². The van der Waals surface area contributed by atoms with Gasteiger partial charge in [-0.2, -0.15) is 0 Å². The average molecular weight is 289 g/mol. The van der Waals surface area contributed by atoms with E-state index in [1.807, 2.05) is 0 Å². The molecule has 0 amide bonds. The van der Waals surface area contributed by atoms with Gasteiger partial charge >= 0.3 is 0 Å². The minimum absolute atomic E-state index is 0.0732. The van der Waals surface area contributed by atoms with Crippen molar-refractivity contribution in [3.63, 3.8) is 0 Å². The average Bonchev–Trinajstić information content (AvgIpc) is 2.46. The second kappa shape index (κ2) is 6.71. The number of benzene rings is 2. The molecule has 0 saturated carbocycles. The second-order valence-corrected chi connectivity index (χ2v) is 4.53. The minimum atomic E-state index is -0.0732. The Morgan fingerprint density at radius 3 is 2.67 bits per heavy atom. The number of rotatable bonds is 6. The lowest BCUT2D eigenvalue weighted by molar-refractivity contribution is 0.202. The lowest BCUT2D eigenvalue weighted by Crippen LogP contribution is -2.07.